The molecule has 4 rings (SSSR count). The van der Waals surface area contributed by atoms with Crippen molar-refractivity contribution >= 4 is 34.0 Å². The number of rotatable bonds is 10. The van der Waals surface area contributed by atoms with E-state index in [4.69, 9.17) is 4.74 Å². The second-order valence-electron chi connectivity index (χ2n) is 8.22. The highest BCUT2D eigenvalue weighted by Gasteiger charge is 2.22. The third-order valence-electron chi connectivity index (χ3n) is 5.55. The minimum Gasteiger partial charge on any atom is -0.488 e. The molecule has 186 valence electrons. The Bertz CT molecular complexity index is 1310. The predicted molar refractivity (Wildman–Crippen MR) is 148 cm³/mol. The Hall–Kier alpha value is -4.23. The lowest BCUT2D eigenvalue weighted by Gasteiger charge is -2.17. The summed E-state index contributed by atoms with van der Waals surface area (Å²) in [7, 11) is 0. The van der Waals surface area contributed by atoms with E-state index in [1.165, 1.54) is 6.21 Å². The molecule has 0 atom stereocenters. The molecule has 4 aromatic carbocycles. The van der Waals surface area contributed by atoms with Gasteiger partial charge in [-0.1, -0.05) is 107 Å². The van der Waals surface area contributed by atoms with Gasteiger partial charge in [0.15, 0.2) is 0 Å². The normalized spacial score (nSPS) is 10.9. The molecule has 4 aromatic rings. The molecule has 2 amide bonds. The maximum atomic E-state index is 13.1. The first-order valence-corrected chi connectivity index (χ1v) is 12.6. The van der Waals surface area contributed by atoms with Gasteiger partial charge in [-0.05, 0) is 34.9 Å². The largest absolute Gasteiger partial charge is 0.488 e. The molecule has 0 aromatic heterocycles. The van der Waals surface area contributed by atoms with Crippen molar-refractivity contribution in [3.05, 3.63) is 136 Å². The predicted octanol–water partition coefficient (Wildman–Crippen LogP) is 5.43. The van der Waals surface area contributed by atoms with Gasteiger partial charge in [-0.25, -0.2) is 5.43 Å². The van der Waals surface area contributed by atoms with E-state index in [0.717, 1.165) is 21.2 Å². The van der Waals surface area contributed by atoms with Crippen molar-refractivity contribution in [3.63, 3.8) is 0 Å². The number of ether oxygens (including phenoxy) is 1. The van der Waals surface area contributed by atoms with Crippen LogP contribution in [0.25, 0.3) is 0 Å². The first-order chi connectivity index (χ1) is 18.1. The number of halogens is 1. The molecule has 0 unspecified atom stereocenters. The monoisotopic (exact) mass is 555 g/mol. The Labute approximate surface area is 224 Å². The Morgan fingerprint density at radius 3 is 2.05 bits per heavy atom. The van der Waals surface area contributed by atoms with E-state index in [1.54, 1.807) is 0 Å². The Balaban J connectivity index is 1.35. The molecular weight excluding hydrogens is 530 g/mol. The van der Waals surface area contributed by atoms with Crippen LogP contribution in [0.1, 0.15) is 28.2 Å². The van der Waals surface area contributed by atoms with Crippen molar-refractivity contribution in [2.75, 3.05) is 6.54 Å². The van der Waals surface area contributed by atoms with Crippen molar-refractivity contribution in [1.29, 1.82) is 0 Å². The van der Waals surface area contributed by atoms with Gasteiger partial charge in [0.05, 0.1) is 18.7 Å². The van der Waals surface area contributed by atoms with Crippen molar-refractivity contribution in [3.8, 4) is 5.75 Å². The van der Waals surface area contributed by atoms with Crippen LogP contribution in [0, 0.1) is 0 Å². The number of nitrogens with one attached hydrogen (secondary N) is 2. The quantitative estimate of drug-likeness (QED) is 0.202. The summed E-state index contributed by atoms with van der Waals surface area (Å²) in [6.45, 7) is 0.202. The van der Waals surface area contributed by atoms with Gasteiger partial charge in [0.25, 0.3) is 5.91 Å². The topological polar surface area (TPSA) is 79.8 Å². The van der Waals surface area contributed by atoms with Crippen molar-refractivity contribution < 1.29 is 14.3 Å². The van der Waals surface area contributed by atoms with E-state index in [-0.39, 0.29) is 12.5 Å². The van der Waals surface area contributed by atoms with Crippen LogP contribution in [-0.4, -0.2) is 24.6 Å². The Morgan fingerprint density at radius 2 is 1.43 bits per heavy atom. The molecule has 37 heavy (non-hydrogen) atoms. The van der Waals surface area contributed by atoms with Gasteiger partial charge in [0.2, 0.25) is 5.91 Å². The Morgan fingerprint density at radius 1 is 0.838 bits per heavy atom. The second-order valence-corrected chi connectivity index (χ2v) is 9.14. The zero-order valence-electron chi connectivity index (χ0n) is 20.0. The molecular formula is C30H26BrN3O3. The molecule has 0 saturated heterocycles. The maximum Gasteiger partial charge on any atom is 0.259 e. The van der Waals surface area contributed by atoms with E-state index in [9.17, 15) is 9.59 Å². The summed E-state index contributed by atoms with van der Waals surface area (Å²) in [4.78, 5) is 25.5. The summed E-state index contributed by atoms with van der Waals surface area (Å²) in [5.41, 5.74) is 5.91. The average Bonchev–Trinajstić information content (AvgIpc) is 2.93. The third kappa shape index (κ3) is 7.62. The van der Waals surface area contributed by atoms with E-state index in [1.807, 2.05) is 109 Å². The van der Waals surface area contributed by atoms with E-state index in [2.05, 4.69) is 31.8 Å². The van der Waals surface area contributed by atoms with E-state index in [0.29, 0.717) is 17.9 Å². The zero-order valence-corrected chi connectivity index (χ0v) is 21.6. The fourth-order valence-corrected chi connectivity index (χ4v) is 4.13. The number of hydrogen-bond donors (Lipinski definition) is 2. The van der Waals surface area contributed by atoms with Crippen molar-refractivity contribution in [2.45, 2.75) is 12.5 Å². The molecule has 0 radical (unpaired) electrons. The highest BCUT2D eigenvalue weighted by atomic mass is 79.9. The van der Waals surface area contributed by atoms with Gasteiger partial charge in [0, 0.05) is 10.0 Å². The molecule has 0 bridgehead atoms. The molecule has 0 saturated carbocycles. The number of amides is 2. The lowest BCUT2D eigenvalue weighted by atomic mass is 9.90. The summed E-state index contributed by atoms with van der Waals surface area (Å²) in [5.74, 6) is -0.594. The van der Waals surface area contributed by atoms with Crippen molar-refractivity contribution in [1.82, 2.24) is 10.7 Å². The SMILES string of the molecule is O=C(CNC(=O)C(c1ccccc1)c1ccccc1)N/N=C\c1cc(Br)ccc1OCc1ccccc1. The summed E-state index contributed by atoms with van der Waals surface area (Å²) in [6.07, 6.45) is 1.52. The number of carbonyl (C=O) groups excluding carboxylic acids is 2. The molecule has 0 heterocycles. The van der Waals surface area contributed by atoms with Crippen LogP contribution in [0.4, 0.5) is 0 Å². The van der Waals surface area contributed by atoms with Gasteiger partial charge in [-0.2, -0.15) is 5.10 Å². The number of benzene rings is 4. The van der Waals surface area contributed by atoms with Gasteiger partial charge in [-0.15, -0.1) is 0 Å². The van der Waals surface area contributed by atoms with Crippen LogP contribution >= 0.6 is 15.9 Å². The minimum atomic E-state index is -0.523. The molecule has 0 fully saturated rings. The smallest absolute Gasteiger partial charge is 0.259 e. The highest BCUT2D eigenvalue weighted by molar-refractivity contribution is 9.10. The summed E-state index contributed by atoms with van der Waals surface area (Å²) >= 11 is 3.45. The van der Waals surface area contributed by atoms with Crippen molar-refractivity contribution in [2.24, 2.45) is 5.10 Å². The first kappa shape index (κ1) is 25.9. The summed E-state index contributed by atoms with van der Waals surface area (Å²) in [6, 6.07) is 34.4. The maximum absolute atomic E-state index is 13.1. The zero-order chi connectivity index (χ0) is 25.9. The third-order valence-corrected chi connectivity index (χ3v) is 6.05. The highest BCUT2D eigenvalue weighted by Crippen LogP contribution is 2.25. The Kier molecular flexibility index (Phi) is 9.21. The molecule has 0 aliphatic rings. The fraction of sp³-hybridized carbons (Fsp3) is 0.100. The van der Waals surface area contributed by atoms with Crippen LogP contribution in [-0.2, 0) is 16.2 Å². The molecule has 7 heteroatoms. The van der Waals surface area contributed by atoms with Crippen LogP contribution in [0.3, 0.4) is 0 Å². The second kappa shape index (κ2) is 13.2. The van der Waals surface area contributed by atoms with Gasteiger partial charge in [0.1, 0.15) is 12.4 Å². The minimum absolute atomic E-state index is 0.206. The van der Waals surface area contributed by atoms with Gasteiger partial charge in [-0.3, -0.25) is 9.59 Å². The molecule has 0 aliphatic carbocycles. The molecule has 0 aliphatic heterocycles. The van der Waals surface area contributed by atoms with Crippen LogP contribution in [0.5, 0.6) is 5.75 Å². The van der Waals surface area contributed by atoms with Crippen LogP contribution < -0.4 is 15.5 Å². The van der Waals surface area contributed by atoms with Crippen LogP contribution in [0.15, 0.2) is 119 Å². The van der Waals surface area contributed by atoms with Gasteiger partial charge < -0.3 is 10.1 Å². The van der Waals surface area contributed by atoms with E-state index >= 15 is 0 Å². The molecule has 0 spiro atoms. The number of hydrogen-bond acceptors (Lipinski definition) is 4. The summed E-state index contributed by atoms with van der Waals surface area (Å²) < 4.78 is 6.80. The lowest BCUT2D eigenvalue weighted by molar-refractivity contribution is -0.126. The molecule has 2 N–H and O–H groups in total. The molecule has 6 nitrogen and oxygen atoms in total. The number of hydrazone groups is 1. The fourth-order valence-electron chi connectivity index (χ4n) is 3.76. The van der Waals surface area contributed by atoms with Crippen LogP contribution in [0.2, 0.25) is 0 Å². The van der Waals surface area contributed by atoms with Gasteiger partial charge >= 0.3 is 0 Å². The van der Waals surface area contributed by atoms with E-state index < -0.39 is 11.8 Å². The average molecular weight is 556 g/mol. The number of carbonyl (C=O) groups is 2. The number of nitrogens with zero attached hydrogens (tertiary/aromatic N) is 1. The lowest BCUT2D eigenvalue weighted by Crippen LogP contribution is -2.37. The first-order valence-electron chi connectivity index (χ1n) is 11.8. The summed E-state index contributed by atoms with van der Waals surface area (Å²) in [5, 5.41) is 6.79. The standard InChI is InChI=1S/C30H26BrN3O3/c31-26-16-17-27(37-21-22-10-4-1-5-11-22)25(18-26)19-33-34-28(35)20-32-30(36)29(23-12-6-2-7-13-23)24-14-8-3-9-15-24/h1-19,29H,20-21H2,(H,32,36)(H,34,35)/b33-19-.